The quantitative estimate of drug-likeness (QED) is 0.669. The van der Waals surface area contributed by atoms with Crippen molar-refractivity contribution in [1.82, 2.24) is 0 Å². The second kappa shape index (κ2) is 3.43. The van der Waals surface area contributed by atoms with Crippen molar-refractivity contribution in [2.24, 2.45) is 0 Å². The molecule has 1 heteroatoms. The van der Waals surface area contributed by atoms with Gasteiger partial charge in [-0.2, -0.15) is 0 Å². The van der Waals surface area contributed by atoms with Gasteiger partial charge >= 0.3 is 0 Å². The first-order valence-electron chi connectivity index (χ1n) is 5.36. The summed E-state index contributed by atoms with van der Waals surface area (Å²) in [6.45, 7) is 0.911. The van der Waals surface area contributed by atoms with E-state index in [4.69, 9.17) is 0 Å². The van der Waals surface area contributed by atoms with Gasteiger partial charge in [0.15, 0.2) is 0 Å². The summed E-state index contributed by atoms with van der Waals surface area (Å²) < 4.78 is 0. The second-order valence-electron chi connectivity index (χ2n) is 3.84. The molecular formula is C14H13N. The smallest absolute Gasteiger partial charge is 0.0422 e. The Hall–Kier alpha value is -1.76. The summed E-state index contributed by atoms with van der Waals surface area (Å²) in [5, 5.41) is 3.43. The van der Waals surface area contributed by atoms with E-state index in [1.165, 1.54) is 22.4 Å². The molecule has 0 spiro atoms. The number of benzene rings is 1. The van der Waals surface area contributed by atoms with Crippen LogP contribution in [-0.2, 0) is 0 Å². The molecule has 2 aliphatic rings. The van der Waals surface area contributed by atoms with Crippen LogP contribution in [-0.4, -0.2) is 6.54 Å². The summed E-state index contributed by atoms with van der Waals surface area (Å²) in [6.07, 6.45) is 10.0. The van der Waals surface area contributed by atoms with Crippen molar-refractivity contribution < 1.29 is 0 Å². The third-order valence-electron chi connectivity index (χ3n) is 2.90. The molecule has 1 aliphatic carbocycles. The number of fused-ring (bicyclic) bond motifs is 3. The van der Waals surface area contributed by atoms with Crippen LogP contribution in [0.5, 0.6) is 0 Å². The number of para-hydroxylation sites is 1. The Balaban J connectivity index is 2.19. The molecule has 1 heterocycles. The van der Waals surface area contributed by atoms with Crippen molar-refractivity contribution in [2.75, 3.05) is 11.9 Å². The van der Waals surface area contributed by atoms with Gasteiger partial charge in [0.25, 0.3) is 0 Å². The summed E-state index contributed by atoms with van der Waals surface area (Å²) >= 11 is 0. The minimum Gasteiger partial charge on any atom is -0.381 e. The summed E-state index contributed by atoms with van der Waals surface area (Å²) in [5.41, 5.74) is 5.28. The van der Waals surface area contributed by atoms with Gasteiger partial charge in [0, 0.05) is 17.8 Å². The van der Waals surface area contributed by atoms with Crippen LogP contribution >= 0.6 is 0 Å². The van der Waals surface area contributed by atoms with Gasteiger partial charge in [-0.1, -0.05) is 42.5 Å². The van der Waals surface area contributed by atoms with Crippen LogP contribution in [0.15, 0.2) is 54.1 Å². The predicted molar refractivity (Wildman–Crippen MR) is 64.7 cm³/mol. The molecule has 0 fully saturated rings. The Bertz CT molecular complexity index is 478. The molecule has 1 aromatic rings. The molecule has 74 valence electrons. The van der Waals surface area contributed by atoms with Crippen molar-refractivity contribution in [3.05, 3.63) is 59.7 Å². The normalized spacial score (nSPS) is 17.9. The fourth-order valence-corrected chi connectivity index (χ4v) is 2.18. The number of anilines is 1. The first-order valence-corrected chi connectivity index (χ1v) is 5.36. The first-order chi connectivity index (χ1) is 7.45. The molecule has 0 bridgehead atoms. The third-order valence-corrected chi connectivity index (χ3v) is 2.90. The van der Waals surface area contributed by atoms with Gasteiger partial charge in [-0.15, -0.1) is 0 Å². The maximum Gasteiger partial charge on any atom is 0.0422 e. The average molecular weight is 195 g/mol. The minimum atomic E-state index is 0.911. The number of allylic oxidation sites excluding steroid dienone is 5. The Labute approximate surface area is 89.8 Å². The molecule has 0 amide bonds. The van der Waals surface area contributed by atoms with Gasteiger partial charge in [0.1, 0.15) is 0 Å². The zero-order valence-corrected chi connectivity index (χ0v) is 8.53. The highest BCUT2D eigenvalue weighted by Crippen LogP contribution is 2.34. The predicted octanol–water partition coefficient (Wildman–Crippen LogP) is 3.38. The number of nitrogens with one attached hydrogen (secondary N) is 1. The van der Waals surface area contributed by atoms with E-state index >= 15 is 0 Å². The topological polar surface area (TPSA) is 12.0 Å². The highest BCUT2D eigenvalue weighted by molar-refractivity contribution is 5.89. The van der Waals surface area contributed by atoms with Crippen molar-refractivity contribution in [3.8, 4) is 0 Å². The van der Waals surface area contributed by atoms with Gasteiger partial charge < -0.3 is 5.32 Å². The zero-order valence-electron chi connectivity index (χ0n) is 8.53. The molecular weight excluding hydrogens is 182 g/mol. The molecule has 1 nitrogen and oxygen atoms in total. The molecule has 0 saturated carbocycles. The lowest BCUT2D eigenvalue weighted by atomic mass is 9.93. The van der Waals surface area contributed by atoms with E-state index in [2.05, 4.69) is 53.9 Å². The molecule has 3 rings (SSSR count). The van der Waals surface area contributed by atoms with Gasteiger partial charge in [0.2, 0.25) is 0 Å². The minimum absolute atomic E-state index is 0.911. The van der Waals surface area contributed by atoms with Gasteiger partial charge in [-0.3, -0.25) is 0 Å². The van der Waals surface area contributed by atoms with Gasteiger partial charge in [-0.05, 0) is 23.6 Å². The third kappa shape index (κ3) is 1.40. The monoisotopic (exact) mass is 195 g/mol. The molecule has 1 aliphatic heterocycles. The number of rotatable bonds is 0. The maximum absolute atomic E-state index is 3.43. The van der Waals surface area contributed by atoms with Crippen LogP contribution in [0.3, 0.4) is 0 Å². The van der Waals surface area contributed by atoms with Gasteiger partial charge in [-0.25, -0.2) is 0 Å². The standard InChI is InChI=1S/C14H13N/c1-2-6-12-11(5-1)9-10-15-14-8-4-3-7-13(12)14/h1,3-9,15H,2,10H2. The van der Waals surface area contributed by atoms with Gasteiger partial charge in [0.05, 0.1) is 0 Å². The largest absolute Gasteiger partial charge is 0.381 e. The van der Waals surface area contributed by atoms with Crippen LogP contribution in [0.1, 0.15) is 12.0 Å². The van der Waals surface area contributed by atoms with Crippen LogP contribution in [0.2, 0.25) is 0 Å². The maximum atomic E-state index is 3.43. The summed E-state index contributed by atoms with van der Waals surface area (Å²) in [6, 6.07) is 8.51. The molecule has 0 unspecified atom stereocenters. The summed E-state index contributed by atoms with van der Waals surface area (Å²) in [7, 11) is 0. The highest BCUT2D eigenvalue weighted by atomic mass is 14.9. The zero-order chi connectivity index (χ0) is 10.1. The number of hydrogen-bond acceptors (Lipinski definition) is 1. The first kappa shape index (κ1) is 8.54. The molecule has 0 saturated heterocycles. The molecule has 0 radical (unpaired) electrons. The molecule has 0 aromatic heterocycles. The van der Waals surface area contributed by atoms with E-state index in [-0.39, 0.29) is 0 Å². The molecule has 1 N–H and O–H groups in total. The average Bonchev–Trinajstić information content (AvgIpc) is 2.48. The Kier molecular flexibility index (Phi) is 1.95. The summed E-state index contributed by atoms with van der Waals surface area (Å²) in [5.74, 6) is 0. The molecule has 0 atom stereocenters. The summed E-state index contributed by atoms with van der Waals surface area (Å²) in [4.78, 5) is 0. The SMILES string of the molecule is C1=CC2=CCNc3ccccc3C2=CC1. The van der Waals surface area contributed by atoms with Crippen LogP contribution in [0, 0.1) is 0 Å². The van der Waals surface area contributed by atoms with E-state index in [9.17, 15) is 0 Å². The van der Waals surface area contributed by atoms with Crippen molar-refractivity contribution in [3.63, 3.8) is 0 Å². The lowest BCUT2D eigenvalue weighted by molar-refractivity contribution is 1.33. The van der Waals surface area contributed by atoms with Crippen LogP contribution in [0.4, 0.5) is 5.69 Å². The van der Waals surface area contributed by atoms with Crippen molar-refractivity contribution in [2.45, 2.75) is 6.42 Å². The van der Waals surface area contributed by atoms with Crippen LogP contribution in [0.25, 0.3) is 5.57 Å². The fourth-order valence-electron chi connectivity index (χ4n) is 2.18. The van der Waals surface area contributed by atoms with Crippen molar-refractivity contribution in [1.29, 1.82) is 0 Å². The highest BCUT2D eigenvalue weighted by Gasteiger charge is 2.14. The molecule has 1 aromatic carbocycles. The van der Waals surface area contributed by atoms with E-state index in [1.54, 1.807) is 0 Å². The Morgan fingerprint density at radius 3 is 3.00 bits per heavy atom. The number of hydrogen-bond donors (Lipinski definition) is 1. The Morgan fingerprint density at radius 2 is 2.00 bits per heavy atom. The molecule has 15 heavy (non-hydrogen) atoms. The fraction of sp³-hybridized carbons (Fsp3) is 0.143. The van der Waals surface area contributed by atoms with E-state index in [0.29, 0.717) is 0 Å². The lowest BCUT2D eigenvalue weighted by Gasteiger charge is -2.13. The lowest BCUT2D eigenvalue weighted by Crippen LogP contribution is -1.97. The van der Waals surface area contributed by atoms with E-state index in [1.807, 2.05) is 0 Å². The van der Waals surface area contributed by atoms with E-state index < -0.39 is 0 Å². The van der Waals surface area contributed by atoms with Crippen LogP contribution < -0.4 is 5.32 Å². The second-order valence-corrected chi connectivity index (χ2v) is 3.84. The van der Waals surface area contributed by atoms with Crippen molar-refractivity contribution >= 4 is 11.3 Å². The Morgan fingerprint density at radius 1 is 1.07 bits per heavy atom. The van der Waals surface area contributed by atoms with E-state index in [0.717, 1.165) is 13.0 Å².